The van der Waals surface area contributed by atoms with Crippen molar-refractivity contribution in [3.63, 3.8) is 0 Å². The normalized spacial score (nSPS) is 30.0. The van der Waals surface area contributed by atoms with Gasteiger partial charge in [0.1, 0.15) is 0 Å². The van der Waals surface area contributed by atoms with Gasteiger partial charge in [-0.25, -0.2) is 0 Å². The number of fused-ring (bicyclic) bond motifs is 1. The van der Waals surface area contributed by atoms with Crippen molar-refractivity contribution in [2.24, 2.45) is 17.8 Å². The molecule has 0 aromatic heterocycles. The number of carbonyl (C=O) groups excluding carboxylic acids is 1. The molecule has 130 valence electrons. The zero-order chi connectivity index (χ0) is 16.4. The molecule has 2 saturated heterocycles. The van der Waals surface area contributed by atoms with Crippen molar-refractivity contribution in [2.45, 2.75) is 19.3 Å². The molecule has 1 aliphatic carbocycles. The lowest BCUT2D eigenvalue weighted by atomic mass is 10.1. The van der Waals surface area contributed by atoms with Crippen molar-refractivity contribution in [3.8, 4) is 0 Å². The molecule has 4 heteroatoms. The number of rotatable bonds is 5. The van der Waals surface area contributed by atoms with E-state index in [-0.39, 0.29) is 0 Å². The molecule has 1 amide bonds. The minimum absolute atomic E-state index is 0.343. The minimum atomic E-state index is 0.343. The highest BCUT2D eigenvalue weighted by atomic mass is 16.2. The van der Waals surface area contributed by atoms with Gasteiger partial charge in [-0.2, -0.15) is 0 Å². The Kier molecular flexibility index (Phi) is 4.86. The van der Waals surface area contributed by atoms with Crippen LogP contribution in [0.4, 0.5) is 0 Å². The zero-order valence-electron chi connectivity index (χ0n) is 14.5. The summed E-state index contributed by atoms with van der Waals surface area (Å²) in [6.45, 7) is 7.32. The first-order valence-corrected chi connectivity index (χ1v) is 9.59. The van der Waals surface area contributed by atoms with Crippen molar-refractivity contribution >= 4 is 5.91 Å². The molecule has 3 atom stereocenters. The van der Waals surface area contributed by atoms with Gasteiger partial charge in [-0.3, -0.25) is 4.79 Å². The van der Waals surface area contributed by atoms with Gasteiger partial charge in [-0.1, -0.05) is 30.3 Å². The molecule has 4 nitrogen and oxygen atoms in total. The predicted molar refractivity (Wildman–Crippen MR) is 95.7 cm³/mol. The molecule has 1 unspecified atom stereocenters. The lowest BCUT2D eigenvalue weighted by Gasteiger charge is -2.22. The summed E-state index contributed by atoms with van der Waals surface area (Å²) < 4.78 is 0. The Hall–Kier alpha value is -1.39. The van der Waals surface area contributed by atoms with Crippen LogP contribution in [-0.2, 0) is 11.2 Å². The fraction of sp³-hybridized carbons (Fsp3) is 0.650. The molecular formula is C20H29N3O. The second kappa shape index (κ2) is 7.24. The maximum atomic E-state index is 12.7. The third-order valence-corrected chi connectivity index (χ3v) is 6.06. The van der Waals surface area contributed by atoms with E-state index in [0.717, 1.165) is 58.7 Å². The van der Waals surface area contributed by atoms with E-state index in [1.165, 1.54) is 12.0 Å². The van der Waals surface area contributed by atoms with E-state index in [1.54, 1.807) is 0 Å². The number of amides is 1. The molecule has 2 heterocycles. The topological polar surface area (TPSA) is 35.6 Å². The van der Waals surface area contributed by atoms with Crippen molar-refractivity contribution in [1.82, 2.24) is 15.1 Å². The second-order valence-electron chi connectivity index (χ2n) is 7.62. The average molecular weight is 327 g/mol. The quantitative estimate of drug-likeness (QED) is 0.893. The van der Waals surface area contributed by atoms with E-state index in [0.29, 0.717) is 23.7 Å². The van der Waals surface area contributed by atoms with Crippen LogP contribution in [0.15, 0.2) is 30.3 Å². The molecule has 1 N–H and O–H groups in total. The number of nitrogens with zero attached hydrogens (tertiary/aromatic N) is 2. The van der Waals surface area contributed by atoms with E-state index < -0.39 is 0 Å². The molecule has 0 bridgehead atoms. The number of nitrogens with one attached hydrogen (secondary N) is 1. The summed E-state index contributed by atoms with van der Waals surface area (Å²) in [7, 11) is 0. The van der Waals surface area contributed by atoms with Crippen LogP contribution in [0.3, 0.4) is 0 Å². The van der Waals surface area contributed by atoms with Gasteiger partial charge >= 0.3 is 0 Å². The Morgan fingerprint density at radius 1 is 1.04 bits per heavy atom. The van der Waals surface area contributed by atoms with Crippen molar-refractivity contribution < 1.29 is 4.79 Å². The molecule has 3 fully saturated rings. The first kappa shape index (κ1) is 16.1. The Bertz CT molecular complexity index is 551. The Balaban J connectivity index is 1.21. The molecule has 24 heavy (non-hydrogen) atoms. The van der Waals surface area contributed by atoms with Crippen LogP contribution in [0.5, 0.6) is 0 Å². The van der Waals surface area contributed by atoms with Gasteiger partial charge < -0.3 is 15.1 Å². The standard InChI is InChI=1S/C20H29N3O/c24-20(19-17-14-21-15-18(17)19)23-11-5-10-22(12-13-23)9-4-8-16-6-2-1-3-7-16/h1-3,6-7,17-19,21H,4-5,8-15H2/t17-,18+,19?. The highest BCUT2D eigenvalue weighted by Gasteiger charge is 2.57. The predicted octanol–water partition coefficient (Wildman–Crippen LogP) is 1.62. The summed E-state index contributed by atoms with van der Waals surface area (Å²) in [5, 5.41) is 3.39. The average Bonchev–Trinajstić information content (AvgIpc) is 3.20. The van der Waals surface area contributed by atoms with Gasteiger partial charge in [0.2, 0.25) is 5.91 Å². The molecule has 1 aromatic carbocycles. The van der Waals surface area contributed by atoms with Gasteiger partial charge in [0.05, 0.1) is 0 Å². The maximum absolute atomic E-state index is 12.7. The molecule has 1 saturated carbocycles. The first-order chi connectivity index (χ1) is 11.8. The van der Waals surface area contributed by atoms with Crippen molar-refractivity contribution in [3.05, 3.63) is 35.9 Å². The summed E-state index contributed by atoms with van der Waals surface area (Å²) in [6.07, 6.45) is 3.48. The number of hydrogen-bond donors (Lipinski definition) is 1. The van der Waals surface area contributed by atoms with Crippen molar-refractivity contribution in [2.75, 3.05) is 45.8 Å². The Morgan fingerprint density at radius 2 is 1.83 bits per heavy atom. The van der Waals surface area contributed by atoms with Crippen LogP contribution in [0.2, 0.25) is 0 Å². The smallest absolute Gasteiger partial charge is 0.226 e. The fourth-order valence-electron chi connectivity index (χ4n) is 4.56. The number of carbonyl (C=O) groups is 1. The molecule has 1 aromatic rings. The van der Waals surface area contributed by atoms with Gasteiger partial charge in [-0.05, 0) is 62.8 Å². The highest BCUT2D eigenvalue weighted by Crippen LogP contribution is 2.49. The van der Waals surface area contributed by atoms with Crippen LogP contribution >= 0.6 is 0 Å². The van der Waals surface area contributed by atoms with E-state index >= 15 is 0 Å². The molecule has 2 aliphatic heterocycles. The second-order valence-corrected chi connectivity index (χ2v) is 7.62. The van der Waals surface area contributed by atoms with Crippen LogP contribution < -0.4 is 5.32 Å². The van der Waals surface area contributed by atoms with Crippen LogP contribution in [0.1, 0.15) is 18.4 Å². The van der Waals surface area contributed by atoms with E-state index in [4.69, 9.17) is 0 Å². The van der Waals surface area contributed by atoms with Gasteiger partial charge in [-0.15, -0.1) is 0 Å². The lowest BCUT2D eigenvalue weighted by molar-refractivity contribution is -0.133. The van der Waals surface area contributed by atoms with E-state index in [9.17, 15) is 4.79 Å². The van der Waals surface area contributed by atoms with Gasteiger partial charge in [0.25, 0.3) is 0 Å². The summed E-state index contributed by atoms with van der Waals surface area (Å²) in [6, 6.07) is 10.7. The minimum Gasteiger partial charge on any atom is -0.341 e. The van der Waals surface area contributed by atoms with Gasteiger partial charge in [0, 0.05) is 25.6 Å². The fourth-order valence-corrected chi connectivity index (χ4v) is 4.56. The largest absolute Gasteiger partial charge is 0.341 e. The van der Waals surface area contributed by atoms with E-state index in [2.05, 4.69) is 45.4 Å². The monoisotopic (exact) mass is 327 g/mol. The number of benzene rings is 1. The van der Waals surface area contributed by atoms with Crippen LogP contribution in [0.25, 0.3) is 0 Å². The first-order valence-electron chi connectivity index (χ1n) is 9.59. The number of aryl methyl sites for hydroxylation is 1. The van der Waals surface area contributed by atoms with Crippen LogP contribution in [-0.4, -0.2) is 61.5 Å². The molecule has 0 spiro atoms. The molecular weight excluding hydrogens is 298 g/mol. The van der Waals surface area contributed by atoms with Crippen molar-refractivity contribution in [1.29, 1.82) is 0 Å². The Labute approximate surface area is 145 Å². The molecule has 4 rings (SSSR count). The third-order valence-electron chi connectivity index (χ3n) is 6.06. The van der Waals surface area contributed by atoms with Gasteiger partial charge in [0.15, 0.2) is 0 Å². The SMILES string of the molecule is O=C(C1[C@H]2CNC[C@@H]12)N1CCCN(CCCc2ccccc2)CC1. The zero-order valence-corrected chi connectivity index (χ0v) is 14.5. The number of piperidine rings is 1. The summed E-state index contributed by atoms with van der Waals surface area (Å²) >= 11 is 0. The van der Waals surface area contributed by atoms with E-state index in [1.807, 2.05) is 0 Å². The maximum Gasteiger partial charge on any atom is 0.226 e. The lowest BCUT2D eigenvalue weighted by Crippen LogP contribution is -2.38. The number of hydrogen-bond acceptors (Lipinski definition) is 3. The molecule has 0 radical (unpaired) electrons. The molecule has 3 aliphatic rings. The summed E-state index contributed by atoms with van der Waals surface area (Å²) in [5.41, 5.74) is 1.43. The third kappa shape index (κ3) is 3.50. The summed E-state index contributed by atoms with van der Waals surface area (Å²) in [5.74, 6) is 2.07. The summed E-state index contributed by atoms with van der Waals surface area (Å²) in [4.78, 5) is 17.4. The highest BCUT2D eigenvalue weighted by molar-refractivity contribution is 5.82. The van der Waals surface area contributed by atoms with Crippen LogP contribution in [0, 0.1) is 17.8 Å². The Morgan fingerprint density at radius 3 is 2.62 bits per heavy atom.